The second-order valence-corrected chi connectivity index (χ2v) is 4.57. The van der Waals surface area contributed by atoms with E-state index in [1.54, 1.807) is 25.1 Å². The van der Waals surface area contributed by atoms with Crippen molar-refractivity contribution in [2.24, 2.45) is 0 Å². The highest BCUT2D eigenvalue weighted by molar-refractivity contribution is 5.96. The number of hydrogen-bond donors (Lipinski definition) is 2. The highest BCUT2D eigenvalue weighted by Crippen LogP contribution is 2.27. The molecule has 0 radical (unpaired) electrons. The van der Waals surface area contributed by atoms with Crippen LogP contribution in [0.3, 0.4) is 0 Å². The molecule has 3 N–H and O–H groups in total. The van der Waals surface area contributed by atoms with Crippen LogP contribution >= 0.6 is 0 Å². The SMILES string of the molecule is CCCOc1cccc(-c2nc(N)nc(C)c2C(=O)O)c1. The van der Waals surface area contributed by atoms with Crippen LogP contribution in [0.15, 0.2) is 24.3 Å². The number of carboxylic acid groups (broad SMARTS) is 1. The van der Waals surface area contributed by atoms with Crippen LogP contribution in [-0.2, 0) is 0 Å². The summed E-state index contributed by atoms with van der Waals surface area (Å²) >= 11 is 0. The van der Waals surface area contributed by atoms with Gasteiger partial charge in [0.15, 0.2) is 0 Å². The molecular weight excluding hydrogens is 270 g/mol. The van der Waals surface area contributed by atoms with Gasteiger partial charge in [0.05, 0.1) is 18.0 Å². The van der Waals surface area contributed by atoms with E-state index in [2.05, 4.69) is 9.97 Å². The number of hydrogen-bond acceptors (Lipinski definition) is 5. The van der Waals surface area contributed by atoms with Crippen molar-refractivity contribution < 1.29 is 14.6 Å². The van der Waals surface area contributed by atoms with E-state index in [-0.39, 0.29) is 11.5 Å². The van der Waals surface area contributed by atoms with Gasteiger partial charge in [0.2, 0.25) is 5.95 Å². The molecular formula is C15H17N3O3. The Kier molecular flexibility index (Phi) is 4.37. The second kappa shape index (κ2) is 6.21. The van der Waals surface area contributed by atoms with Crippen LogP contribution in [-0.4, -0.2) is 27.7 Å². The van der Waals surface area contributed by atoms with Crippen molar-refractivity contribution in [3.63, 3.8) is 0 Å². The monoisotopic (exact) mass is 287 g/mol. The summed E-state index contributed by atoms with van der Waals surface area (Å²) in [5, 5.41) is 9.36. The van der Waals surface area contributed by atoms with Crippen LogP contribution in [0.1, 0.15) is 29.4 Å². The molecule has 6 nitrogen and oxygen atoms in total. The molecule has 0 aliphatic carbocycles. The lowest BCUT2D eigenvalue weighted by Gasteiger charge is -2.10. The van der Waals surface area contributed by atoms with Gasteiger partial charge in [-0.25, -0.2) is 14.8 Å². The number of aryl methyl sites for hydroxylation is 1. The molecule has 1 aromatic carbocycles. The number of aromatic nitrogens is 2. The number of carboxylic acids is 1. The maximum absolute atomic E-state index is 11.4. The molecule has 2 aromatic rings. The van der Waals surface area contributed by atoms with Gasteiger partial charge in [-0.2, -0.15) is 0 Å². The second-order valence-electron chi connectivity index (χ2n) is 4.57. The van der Waals surface area contributed by atoms with Gasteiger partial charge in [0.1, 0.15) is 11.3 Å². The van der Waals surface area contributed by atoms with E-state index in [0.29, 0.717) is 29.3 Å². The molecule has 6 heteroatoms. The summed E-state index contributed by atoms with van der Waals surface area (Å²) in [4.78, 5) is 19.4. The fourth-order valence-corrected chi connectivity index (χ4v) is 2.01. The topological polar surface area (TPSA) is 98.3 Å². The van der Waals surface area contributed by atoms with Crippen molar-refractivity contribution in [3.8, 4) is 17.0 Å². The minimum Gasteiger partial charge on any atom is -0.494 e. The van der Waals surface area contributed by atoms with Gasteiger partial charge in [0, 0.05) is 5.56 Å². The Morgan fingerprint density at radius 1 is 1.38 bits per heavy atom. The predicted molar refractivity (Wildman–Crippen MR) is 79.4 cm³/mol. The Morgan fingerprint density at radius 2 is 2.14 bits per heavy atom. The number of nitrogens with two attached hydrogens (primary N) is 1. The number of anilines is 1. The van der Waals surface area contributed by atoms with Crippen molar-refractivity contribution >= 4 is 11.9 Å². The maximum atomic E-state index is 11.4. The summed E-state index contributed by atoms with van der Waals surface area (Å²) in [5.74, 6) is -0.365. The molecule has 110 valence electrons. The molecule has 0 aliphatic heterocycles. The van der Waals surface area contributed by atoms with E-state index in [1.165, 1.54) is 0 Å². The van der Waals surface area contributed by atoms with E-state index in [1.807, 2.05) is 13.0 Å². The Morgan fingerprint density at radius 3 is 2.81 bits per heavy atom. The Hall–Kier alpha value is -2.63. The van der Waals surface area contributed by atoms with E-state index in [4.69, 9.17) is 10.5 Å². The number of carbonyl (C=O) groups is 1. The minimum absolute atomic E-state index is 0.0485. The van der Waals surface area contributed by atoms with Crippen LogP contribution in [0.4, 0.5) is 5.95 Å². The van der Waals surface area contributed by atoms with E-state index >= 15 is 0 Å². The van der Waals surface area contributed by atoms with E-state index < -0.39 is 5.97 Å². The van der Waals surface area contributed by atoms with Crippen molar-refractivity contribution in [1.29, 1.82) is 0 Å². The van der Waals surface area contributed by atoms with Crippen LogP contribution in [0.25, 0.3) is 11.3 Å². The first-order valence-corrected chi connectivity index (χ1v) is 6.63. The van der Waals surface area contributed by atoms with Gasteiger partial charge in [-0.05, 0) is 25.5 Å². The third kappa shape index (κ3) is 3.28. The number of benzene rings is 1. The summed E-state index contributed by atoms with van der Waals surface area (Å²) in [6.45, 7) is 4.21. The molecule has 0 saturated heterocycles. The molecule has 21 heavy (non-hydrogen) atoms. The van der Waals surface area contributed by atoms with Crippen LogP contribution in [0.2, 0.25) is 0 Å². The van der Waals surface area contributed by atoms with Crippen molar-refractivity contribution in [1.82, 2.24) is 9.97 Å². The van der Waals surface area contributed by atoms with Gasteiger partial charge < -0.3 is 15.6 Å². The minimum atomic E-state index is -1.08. The molecule has 1 heterocycles. The quantitative estimate of drug-likeness (QED) is 0.876. The first-order valence-electron chi connectivity index (χ1n) is 6.63. The highest BCUT2D eigenvalue weighted by Gasteiger charge is 2.18. The number of ether oxygens (including phenoxy) is 1. The lowest BCUT2D eigenvalue weighted by atomic mass is 10.0. The van der Waals surface area contributed by atoms with Gasteiger partial charge in [-0.3, -0.25) is 0 Å². The Labute approximate surface area is 122 Å². The zero-order valence-electron chi connectivity index (χ0n) is 12.0. The number of nitrogen functional groups attached to an aromatic ring is 1. The number of rotatable bonds is 5. The summed E-state index contributed by atoms with van der Waals surface area (Å²) in [7, 11) is 0. The van der Waals surface area contributed by atoms with E-state index in [0.717, 1.165) is 6.42 Å². The lowest BCUT2D eigenvalue weighted by molar-refractivity contribution is 0.0696. The molecule has 0 spiro atoms. The van der Waals surface area contributed by atoms with Crippen molar-refractivity contribution in [3.05, 3.63) is 35.5 Å². The smallest absolute Gasteiger partial charge is 0.339 e. The number of nitrogens with zero attached hydrogens (tertiary/aromatic N) is 2. The average molecular weight is 287 g/mol. The maximum Gasteiger partial charge on any atom is 0.339 e. The lowest BCUT2D eigenvalue weighted by Crippen LogP contribution is -2.09. The van der Waals surface area contributed by atoms with Crippen molar-refractivity contribution in [2.75, 3.05) is 12.3 Å². The molecule has 0 amide bonds. The zero-order valence-corrected chi connectivity index (χ0v) is 12.0. The first-order chi connectivity index (χ1) is 10.0. The average Bonchev–Trinajstić information content (AvgIpc) is 2.44. The molecule has 2 rings (SSSR count). The summed E-state index contributed by atoms with van der Waals surface area (Å²) in [5.41, 5.74) is 6.97. The van der Waals surface area contributed by atoms with E-state index in [9.17, 15) is 9.90 Å². The third-order valence-corrected chi connectivity index (χ3v) is 2.90. The highest BCUT2D eigenvalue weighted by atomic mass is 16.5. The summed E-state index contributed by atoms with van der Waals surface area (Å²) < 4.78 is 5.56. The zero-order chi connectivity index (χ0) is 15.4. The number of aromatic carboxylic acids is 1. The van der Waals surface area contributed by atoms with Crippen LogP contribution in [0, 0.1) is 6.92 Å². The molecule has 0 saturated carbocycles. The van der Waals surface area contributed by atoms with Gasteiger partial charge in [-0.15, -0.1) is 0 Å². The summed E-state index contributed by atoms with van der Waals surface area (Å²) in [6, 6.07) is 7.13. The Bertz CT molecular complexity index is 671. The molecule has 0 fully saturated rings. The molecule has 1 aromatic heterocycles. The standard InChI is InChI=1S/C15H17N3O3/c1-3-7-21-11-6-4-5-10(8-11)13-12(14(19)20)9(2)17-15(16)18-13/h4-6,8H,3,7H2,1-2H3,(H,19,20)(H2,16,17,18). The van der Waals surface area contributed by atoms with Gasteiger partial charge in [0.25, 0.3) is 0 Å². The third-order valence-electron chi connectivity index (χ3n) is 2.90. The van der Waals surface area contributed by atoms with Crippen LogP contribution in [0.5, 0.6) is 5.75 Å². The molecule has 0 unspecified atom stereocenters. The van der Waals surface area contributed by atoms with Gasteiger partial charge in [-0.1, -0.05) is 19.1 Å². The molecule has 0 bridgehead atoms. The fraction of sp³-hybridized carbons (Fsp3) is 0.267. The van der Waals surface area contributed by atoms with Crippen LogP contribution < -0.4 is 10.5 Å². The Balaban J connectivity index is 2.53. The normalized spacial score (nSPS) is 10.4. The molecule has 0 atom stereocenters. The van der Waals surface area contributed by atoms with Gasteiger partial charge >= 0.3 is 5.97 Å². The largest absolute Gasteiger partial charge is 0.494 e. The molecule has 0 aliphatic rings. The fourth-order valence-electron chi connectivity index (χ4n) is 2.01. The van der Waals surface area contributed by atoms with Crippen molar-refractivity contribution in [2.45, 2.75) is 20.3 Å². The predicted octanol–water partition coefficient (Wildman–Crippen LogP) is 2.52. The first kappa shape index (κ1) is 14.8. The summed E-state index contributed by atoms with van der Waals surface area (Å²) in [6.07, 6.45) is 0.893.